The number of nitrogens with one attached hydrogen (secondary N) is 1. The van der Waals surface area contributed by atoms with E-state index in [4.69, 9.17) is 0 Å². The normalized spacial score (nSPS) is 31.4. The monoisotopic (exact) mass is 413 g/mol. The Bertz CT molecular complexity index is 1050. The van der Waals surface area contributed by atoms with Crippen LogP contribution in [0.1, 0.15) is 15.9 Å². The van der Waals surface area contributed by atoms with Crippen LogP contribution in [-0.4, -0.2) is 70.8 Å². The first kappa shape index (κ1) is 18.8. The maximum Gasteiger partial charge on any atom is 0.251 e. The van der Waals surface area contributed by atoms with Gasteiger partial charge in [0.2, 0.25) is 0 Å². The molecule has 158 valence electrons. The van der Waals surface area contributed by atoms with E-state index in [9.17, 15) is 4.79 Å². The largest absolute Gasteiger partial charge is 0.348 e. The smallest absolute Gasteiger partial charge is 0.251 e. The van der Waals surface area contributed by atoms with Crippen LogP contribution in [0.2, 0.25) is 0 Å². The van der Waals surface area contributed by atoms with Crippen molar-refractivity contribution in [2.75, 3.05) is 39.3 Å². The molecule has 2 aromatic carbocycles. The molecule has 4 aliphatic rings. The molecule has 0 saturated carbocycles. The fourth-order valence-corrected chi connectivity index (χ4v) is 5.98. The Balaban J connectivity index is 1.31. The number of rotatable bonds is 4. The minimum atomic E-state index is -0.0659. The summed E-state index contributed by atoms with van der Waals surface area (Å²) in [7, 11) is 0. The summed E-state index contributed by atoms with van der Waals surface area (Å²) >= 11 is 0. The molecule has 4 fully saturated rings. The molecular formula is C25H27N5O. The van der Waals surface area contributed by atoms with Gasteiger partial charge in [0.05, 0.1) is 5.69 Å². The van der Waals surface area contributed by atoms with Crippen LogP contribution in [0, 0.1) is 5.92 Å². The van der Waals surface area contributed by atoms with Crippen LogP contribution in [0.3, 0.4) is 0 Å². The zero-order valence-corrected chi connectivity index (χ0v) is 17.5. The Hall–Kier alpha value is -2.96. The molecule has 0 aliphatic carbocycles. The van der Waals surface area contributed by atoms with Gasteiger partial charge in [0, 0.05) is 74.6 Å². The molecule has 6 nitrogen and oxygen atoms in total. The average molecular weight is 414 g/mol. The van der Waals surface area contributed by atoms with Crippen LogP contribution >= 0.6 is 0 Å². The molecule has 31 heavy (non-hydrogen) atoms. The van der Waals surface area contributed by atoms with E-state index in [1.807, 2.05) is 36.5 Å². The van der Waals surface area contributed by atoms with Crippen molar-refractivity contribution in [1.82, 2.24) is 24.9 Å². The molecule has 5 heterocycles. The highest BCUT2D eigenvalue weighted by molar-refractivity contribution is 5.94. The Morgan fingerprint density at radius 2 is 1.65 bits per heavy atom. The molecule has 1 N–H and O–H groups in total. The Kier molecular flexibility index (Phi) is 4.44. The SMILES string of the molecule is O=C(N[C@@H]1C2CN3CCN(C2)CC1(c1ccccc1)C3)c1ccc(-n2cccn2)cc1. The van der Waals surface area contributed by atoms with Gasteiger partial charge in [0.15, 0.2) is 0 Å². The summed E-state index contributed by atoms with van der Waals surface area (Å²) in [5.74, 6) is 0.459. The Morgan fingerprint density at radius 3 is 2.29 bits per heavy atom. The first-order valence-corrected chi connectivity index (χ1v) is 11.1. The number of aromatic nitrogens is 2. The van der Waals surface area contributed by atoms with Gasteiger partial charge in [-0.15, -0.1) is 0 Å². The van der Waals surface area contributed by atoms with Crippen LogP contribution in [0.4, 0.5) is 0 Å². The van der Waals surface area contributed by atoms with Crippen molar-refractivity contribution in [1.29, 1.82) is 0 Å². The predicted molar refractivity (Wildman–Crippen MR) is 119 cm³/mol. The minimum absolute atomic E-state index is 0.0171. The lowest BCUT2D eigenvalue weighted by molar-refractivity contribution is 0.0180. The topological polar surface area (TPSA) is 53.4 Å². The highest BCUT2D eigenvalue weighted by Crippen LogP contribution is 2.43. The maximum absolute atomic E-state index is 13.3. The second-order valence-corrected chi connectivity index (χ2v) is 9.20. The van der Waals surface area contributed by atoms with Crippen LogP contribution in [-0.2, 0) is 5.41 Å². The van der Waals surface area contributed by atoms with Crippen molar-refractivity contribution in [2.45, 2.75) is 11.5 Å². The van der Waals surface area contributed by atoms with E-state index in [-0.39, 0.29) is 17.4 Å². The molecule has 4 aliphatic heterocycles. The van der Waals surface area contributed by atoms with Gasteiger partial charge in [-0.2, -0.15) is 5.10 Å². The quantitative estimate of drug-likeness (QED) is 0.712. The fraction of sp³-hybridized carbons (Fsp3) is 0.360. The lowest BCUT2D eigenvalue weighted by atomic mass is 9.64. The molecule has 1 amide bonds. The van der Waals surface area contributed by atoms with Crippen molar-refractivity contribution < 1.29 is 4.79 Å². The van der Waals surface area contributed by atoms with E-state index in [2.05, 4.69) is 50.5 Å². The second-order valence-electron chi connectivity index (χ2n) is 9.20. The molecule has 7 rings (SSSR count). The Labute approximate surface area is 182 Å². The first-order chi connectivity index (χ1) is 15.2. The minimum Gasteiger partial charge on any atom is -0.348 e. The lowest BCUT2D eigenvalue weighted by Gasteiger charge is -2.55. The number of piperidine rings is 2. The molecule has 3 atom stereocenters. The number of fused-ring (bicyclic) bond motifs is 1. The number of hydrogen-bond acceptors (Lipinski definition) is 4. The summed E-state index contributed by atoms with van der Waals surface area (Å²) in [4.78, 5) is 18.5. The van der Waals surface area contributed by atoms with Crippen LogP contribution in [0.25, 0.3) is 5.69 Å². The molecule has 6 heteroatoms. The third-order valence-corrected chi connectivity index (χ3v) is 7.33. The van der Waals surface area contributed by atoms with Gasteiger partial charge in [-0.25, -0.2) is 4.68 Å². The zero-order chi connectivity index (χ0) is 20.8. The molecule has 0 spiro atoms. The van der Waals surface area contributed by atoms with Crippen molar-refractivity contribution in [3.05, 3.63) is 84.2 Å². The summed E-state index contributed by atoms with van der Waals surface area (Å²) in [5.41, 5.74) is 2.93. The number of carbonyl (C=O) groups excluding carboxylic acids is 1. The van der Waals surface area contributed by atoms with Crippen molar-refractivity contribution in [3.8, 4) is 5.69 Å². The van der Waals surface area contributed by atoms with Gasteiger partial charge in [-0.1, -0.05) is 30.3 Å². The van der Waals surface area contributed by atoms with E-state index in [1.54, 1.807) is 10.9 Å². The number of nitrogens with zero attached hydrogens (tertiary/aromatic N) is 4. The highest BCUT2D eigenvalue weighted by atomic mass is 16.1. The summed E-state index contributed by atoms with van der Waals surface area (Å²) in [6.45, 7) is 6.39. The molecule has 1 aromatic heterocycles. The number of amides is 1. The third-order valence-electron chi connectivity index (χ3n) is 7.33. The molecule has 0 radical (unpaired) electrons. The summed E-state index contributed by atoms with van der Waals surface area (Å²) in [6.07, 6.45) is 3.66. The Morgan fingerprint density at radius 1 is 0.935 bits per heavy atom. The average Bonchev–Trinajstić information content (AvgIpc) is 3.23. The maximum atomic E-state index is 13.3. The molecule has 2 unspecified atom stereocenters. The summed E-state index contributed by atoms with van der Waals surface area (Å²) in [5, 5.41) is 7.75. The van der Waals surface area contributed by atoms with Gasteiger partial charge in [-0.05, 0) is 35.9 Å². The van der Waals surface area contributed by atoms with Crippen molar-refractivity contribution in [2.24, 2.45) is 5.92 Å². The van der Waals surface area contributed by atoms with Gasteiger partial charge < -0.3 is 15.1 Å². The van der Waals surface area contributed by atoms with Crippen molar-refractivity contribution >= 4 is 5.91 Å². The van der Waals surface area contributed by atoms with E-state index < -0.39 is 0 Å². The van der Waals surface area contributed by atoms with Crippen LogP contribution < -0.4 is 5.32 Å². The molecule has 4 saturated heterocycles. The standard InChI is InChI=1S/C25H27N5O/c31-24(19-7-9-22(10-8-19)30-12-4-11-26-30)27-23-20-15-28-13-14-29(16-20)18-25(23,17-28)21-5-2-1-3-6-21/h1-12,20,23H,13-18H2,(H,27,31)/t20?,23-,25?/m1/s1. The molecule has 3 aromatic rings. The van der Waals surface area contributed by atoms with E-state index in [0.717, 1.165) is 45.0 Å². The van der Waals surface area contributed by atoms with Gasteiger partial charge in [0.25, 0.3) is 5.91 Å². The summed E-state index contributed by atoms with van der Waals surface area (Å²) in [6, 6.07) is 20.6. The van der Waals surface area contributed by atoms with Gasteiger partial charge >= 0.3 is 0 Å². The zero-order valence-electron chi connectivity index (χ0n) is 17.5. The summed E-state index contributed by atoms with van der Waals surface area (Å²) < 4.78 is 1.80. The highest BCUT2D eigenvalue weighted by Gasteiger charge is 2.55. The predicted octanol–water partition coefficient (Wildman–Crippen LogP) is 2.17. The van der Waals surface area contributed by atoms with E-state index in [1.165, 1.54) is 5.56 Å². The third kappa shape index (κ3) is 3.18. The number of carbonyl (C=O) groups is 1. The first-order valence-electron chi connectivity index (χ1n) is 11.1. The van der Waals surface area contributed by atoms with Crippen LogP contribution in [0.5, 0.6) is 0 Å². The number of benzene rings is 2. The fourth-order valence-electron chi connectivity index (χ4n) is 5.98. The van der Waals surface area contributed by atoms with Crippen molar-refractivity contribution in [3.63, 3.8) is 0 Å². The second kappa shape index (κ2) is 7.32. The van der Waals surface area contributed by atoms with Gasteiger partial charge in [-0.3, -0.25) is 4.79 Å². The van der Waals surface area contributed by atoms with Gasteiger partial charge in [0.1, 0.15) is 0 Å². The van der Waals surface area contributed by atoms with E-state index in [0.29, 0.717) is 11.5 Å². The molecular weight excluding hydrogens is 386 g/mol. The lowest BCUT2D eigenvalue weighted by Crippen LogP contribution is -2.70. The van der Waals surface area contributed by atoms with Crippen LogP contribution in [0.15, 0.2) is 73.1 Å². The molecule has 4 bridgehead atoms. The number of hydrogen-bond donors (Lipinski definition) is 1. The van der Waals surface area contributed by atoms with E-state index >= 15 is 0 Å².